The molecule has 5 nitrogen and oxygen atoms in total. The summed E-state index contributed by atoms with van der Waals surface area (Å²) in [7, 11) is 3.21. The van der Waals surface area contributed by atoms with Gasteiger partial charge in [-0.1, -0.05) is 0 Å². The molecule has 1 aromatic rings. The van der Waals surface area contributed by atoms with E-state index >= 15 is 0 Å². The zero-order chi connectivity index (χ0) is 14.8. The Bertz CT molecular complexity index is 493. The van der Waals surface area contributed by atoms with Crippen LogP contribution in [0.1, 0.15) is 12.8 Å². The summed E-state index contributed by atoms with van der Waals surface area (Å²) in [5.41, 5.74) is 0. The number of benzene rings is 1. The summed E-state index contributed by atoms with van der Waals surface area (Å²) in [6, 6.07) is 5.49. The monoisotopic (exact) mass is 293 g/mol. The Kier molecular flexibility index (Phi) is 4.22. The molecule has 3 rings (SSSR count). The third-order valence-electron chi connectivity index (χ3n) is 4.63. The lowest BCUT2D eigenvalue weighted by atomic mass is 9.78. The maximum Gasteiger partial charge on any atom is 0.164 e. The van der Waals surface area contributed by atoms with E-state index in [1.54, 1.807) is 14.2 Å². The first-order chi connectivity index (χ1) is 10.2. The van der Waals surface area contributed by atoms with Crippen molar-refractivity contribution in [2.45, 2.75) is 25.0 Å². The first-order valence-corrected chi connectivity index (χ1v) is 7.48. The molecule has 4 atom stereocenters. The van der Waals surface area contributed by atoms with E-state index in [-0.39, 0.29) is 6.10 Å². The molecule has 1 saturated carbocycles. The van der Waals surface area contributed by atoms with Crippen molar-refractivity contribution < 1.29 is 19.3 Å². The minimum atomic E-state index is -0.403. The second-order valence-electron chi connectivity index (χ2n) is 5.89. The first-order valence-electron chi connectivity index (χ1n) is 7.48. The molecule has 1 aliphatic heterocycles. The van der Waals surface area contributed by atoms with E-state index in [0.717, 1.165) is 25.9 Å². The predicted molar refractivity (Wildman–Crippen MR) is 79.1 cm³/mol. The van der Waals surface area contributed by atoms with Crippen molar-refractivity contribution >= 4 is 0 Å². The van der Waals surface area contributed by atoms with Crippen LogP contribution in [0.15, 0.2) is 18.2 Å². The molecule has 1 heterocycles. The highest BCUT2D eigenvalue weighted by atomic mass is 16.5. The summed E-state index contributed by atoms with van der Waals surface area (Å²) in [5.74, 6) is 3.22. The first kappa shape index (κ1) is 14.5. The van der Waals surface area contributed by atoms with Crippen LogP contribution in [0.25, 0.3) is 0 Å². The predicted octanol–water partition coefficient (Wildman–Crippen LogP) is 1.44. The number of hydrogen-bond acceptors (Lipinski definition) is 5. The van der Waals surface area contributed by atoms with Gasteiger partial charge in [-0.3, -0.25) is 0 Å². The highest BCUT2D eigenvalue weighted by Gasteiger charge is 2.39. The maximum absolute atomic E-state index is 10.3. The van der Waals surface area contributed by atoms with Crippen molar-refractivity contribution in [1.29, 1.82) is 0 Å². The zero-order valence-corrected chi connectivity index (χ0v) is 12.5. The van der Waals surface area contributed by atoms with Crippen LogP contribution < -0.4 is 19.5 Å². The molecule has 5 heteroatoms. The summed E-state index contributed by atoms with van der Waals surface area (Å²) in [5, 5.41) is 13.7. The molecule has 0 aromatic heterocycles. The van der Waals surface area contributed by atoms with Gasteiger partial charge in [-0.2, -0.15) is 0 Å². The molecule has 0 amide bonds. The molecule has 21 heavy (non-hydrogen) atoms. The Balaban J connectivity index is 1.70. The molecule has 2 fully saturated rings. The fourth-order valence-corrected chi connectivity index (χ4v) is 3.45. The number of fused-ring (bicyclic) bond motifs is 1. The van der Waals surface area contributed by atoms with Gasteiger partial charge in [0.05, 0.1) is 20.3 Å². The van der Waals surface area contributed by atoms with Gasteiger partial charge in [0, 0.05) is 6.07 Å². The summed E-state index contributed by atoms with van der Waals surface area (Å²) >= 11 is 0. The van der Waals surface area contributed by atoms with E-state index in [1.165, 1.54) is 0 Å². The lowest BCUT2D eigenvalue weighted by Crippen LogP contribution is -2.42. The molecule has 0 radical (unpaired) electrons. The Morgan fingerprint density at radius 3 is 2.48 bits per heavy atom. The summed E-state index contributed by atoms with van der Waals surface area (Å²) in [4.78, 5) is 0. The van der Waals surface area contributed by atoms with Crippen LogP contribution in [-0.2, 0) is 0 Å². The van der Waals surface area contributed by atoms with Gasteiger partial charge in [0.1, 0.15) is 11.9 Å². The van der Waals surface area contributed by atoms with Gasteiger partial charge in [-0.25, -0.2) is 0 Å². The van der Waals surface area contributed by atoms with Crippen molar-refractivity contribution in [2.75, 3.05) is 27.3 Å². The van der Waals surface area contributed by atoms with Gasteiger partial charge in [-0.15, -0.1) is 0 Å². The van der Waals surface area contributed by atoms with Crippen molar-refractivity contribution in [2.24, 2.45) is 11.8 Å². The summed E-state index contributed by atoms with van der Waals surface area (Å²) in [6.07, 6.45) is 1.16. The Hall–Kier alpha value is -1.46. The number of rotatable bonds is 4. The van der Waals surface area contributed by atoms with Crippen molar-refractivity contribution in [3.05, 3.63) is 18.2 Å². The number of hydrogen-bond donors (Lipinski definition) is 2. The van der Waals surface area contributed by atoms with Gasteiger partial charge in [0.15, 0.2) is 11.5 Å². The Morgan fingerprint density at radius 1 is 1.05 bits per heavy atom. The van der Waals surface area contributed by atoms with Crippen LogP contribution in [0.3, 0.4) is 0 Å². The molecule has 2 N–H and O–H groups in total. The molecule has 2 aliphatic rings. The quantitative estimate of drug-likeness (QED) is 0.880. The fraction of sp³-hybridized carbons (Fsp3) is 0.625. The summed E-state index contributed by atoms with van der Waals surface area (Å²) in [6.45, 7) is 2.05. The van der Waals surface area contributed by atoms with Gasteiger partial charge in [0.2, 0.25) is 0 Å². The average Bonchev–Trinajstić information content (AvgIpc) is 2.94. The SMILES string of the molecule is COc1ccc(O[C@@H]2C[C@@H]3CNC[C@@H]3C[C@H]2O)cc1OC. The van der Waals surface area contributed by atoms with E-state index in [9.17, 15) is 5.11 Å². The second-order valence-corrected chi connectivity index (χ2v) is 5.89. The Labute approximate surface area is 125 Å². The van der Waals surface area contributed by atoms with Crippen LogP contribution >= 0.6 is 0 Å². The molecule has 1 aromatic carbocycles. The summed E-state index contributed by atoms with van der Waals surface area (Å²) < 4.78 is 16.5. The van der Waals surface area contributed by atoms with Gasteiger partial charge >= 0.3 is 0 Å². The molecule has 0 unspecified atom stereocenters. The van der Waals surface area contributed by atoms with Crippen LogP contribution in [0.4, 0.5) is 0 Å². The van der Waals surface area contributed by atoms with Crippen LogP contribution in [0.5, 0.6) is 17.2 Å². The van der Waals surface area contributed by atoms with Gasteiger partial charge < -0.3 is 24.6 Å². The van der Waals surface area contributed by atoms with E-state index in [1.807, 2.05) is 18.2 Å². The highest BCUT2D eigenvalue weighted by Crippen LogP contribution is 2.36. The van der Waals surface area contributed by atoms with Crippen molar-refractivity contribution in [3.8, 4) is 17.2 Å². The van der Waals surface area contributed by atoms with E-state index in [0.29, 0.717) is 29.1 Å². The average molecular weight is 293 g/mol. The lowest BCUT2D eigenvalue weighted by molar-refractivity contribution is -0.0232. The number of methoxy groups -OCH3 is 2. The standard InChI is InChI=1S/C16H23NO4/c1-19-14-4-3-12(7-16(14)20-2)21-15-6-11-9-17-8-10(11)5-13(15)18/h3-4,7,10-11,13,15,17-18H,5-6,8-9H2,1-2H3/t10-,11+,13+,15+/m0/s1. The minimum absolute atomic E-state index is 0.149. The number of aliphatic hydroxyl groups is 1. The molecule has 0 bridgehead atoms. The number of aliphatic hydroxyl groups excluding tert-OH is 1. The normalized spacial score (nSPS) is 31.6. The van der Waals surface area contributed by atoms with E-state index in [4.69, 9.17) is 14.2 Å². The van der Waals surface area contributed by atoms with E-state index in [2.05, 4.69) is 5.32 Å². The minimum Gasteiger partial charge on any atom is -0.493 e. The topological polar surface area (TPSA) is 60.0 Å². The van der Waals surface area contributed by atoms with Gasteiger partial charge in [0.25, 0.3) is 0 Å². The molecular weight excluding hydrogens is 270 g/mol. The highest BCUT2D eigenvalue weighted by molar-refractivity contribution is 5.45. The van der Waals surface area contributed by atoms with Crippen molar-refractivity contribution in [1.82, 2.24) is 5.32 Å². The molecular formula is C16H23NO4. The zero-order valence-electron chi connectivity index (χ0n) is 12.5. The number of ether oxygens (including phenoxy) is 3. The third-order valence-corrected chi connectivity index (χ3v) is 4.63. The van der Waals surface area contributed by atoms with Crippen LogP contribution in [0.2, 0.25) is 0 Å². The molecule has 116 valence electrons. The number of nitrogens with one attached hydrogen (secondary N) is 1. The van der Waals surface area contributed by atoms with Crippen molar-refractivity contribution in [3.63, 3.8) is 0 Å². The van der Waals surface area contributed by atoms with Crippen LogP contribution in [0, 0.1) is 11.8 Å². The van der Waals surface area contributed by atoms with Crippen LogP contribution in [-0.4, -0.2) is 44.6 Å². The third kappa shape index (κ3) is 2.94. The molecule has 0 spiro atoms. The smallest absolute Gasteiger partial charge is 0.164 e. The lowest BCUT2D eigenvalue weighted by Gasteiger charge is -2.35. The molecule has 1 saturated heterocycles. The fourth-order valence-electron chi connectivity index (χ4n) is 3.45. The largest absolute Gasteiger partial charge is 0.493 e. The van der Waals surface area contributed by atoms with E-state index < -0.39 is 6.10 Å². The van der Waals surface area contributed by atoms with Gasteiger partial charge in [-0.05, 0) is 49.9 Å². The Morgan fingerprint density at radius 2 is 1.76 bits per heavy atom. The maximum atomic E-state index is 10.3. The molecule has 1 aliphatic carbocycles. The second kappa shape index (κ2) is 6.12.